The van der Waals surface area contributed by atoms with E-state index in [9.17, 15) is 4.79 Å². The standard InChI is InChI=1S/C15H12N4O2/c1-19-13(9-16-18-19)6-5-12-4-2-10-8-11(15(20)21)3-7-14(10)17-12/h2-9H,1H3,(H,20,21)/b6-5+. The topological polar surface area (TPSA) is 80.9 Å². The second-order valence-electron chi connectivity index (χ2n) is 4.56. The molecule has 0 spiro atoms. The van der Waals surface area contributed by atoms with E-state index in [1.165, 1.54) is 0 Å². The smallest absolute Gasteiger partial charge is 0.335 e. The molecule has 21 heavy (non-hydrogen) atoms. The molecular formula is C15H12N4O2. The number of pyridine rings is 1. The van der Waals surface area contributed by atoms with E-state index in [0.717, 1.165) is 22.3 Å². The van der Waals surface area contributed by atoms with Gasteiger partial charge in [0.25, 0.3) is 0 Å². The van der Waals surface area contributed by atoms with Crippen molar-refractivity contribution in [1.82, 2.24) is 20.0 Å². The number of aromatic nitrogens is 4. The lowest BCUT2D eigenvalue weighted by atomic mass is 10.1. The van der Waals surface area contributed by atoms with Crippen LogP contribution in [0.25, 0.3) is 23.1 Å². The fraction of sp³-hybridized carbons (Fsp3) is 0.0667. The van der Waals surface area contributed by atoms with Crippen molar-refractivity contribution >= 4 is 29.0 Å². The van der Waals surface area contributed by atoms with Gasteiger partial charge in [0.05, 0.1) is 28.7 Å². The number of carboxylic acids is 1. The Labute approximate surface area is 120 Å². The molecule has 0 unspecified atom stereocenters. The fourth-order valence-corrected chi connectivity index (χ4v) is 1.99. The largest absolute Gasteiger partial charge is 0.478 e. The highest BCUT2D eigenvalue weighted by atomic mass is 16.4. The third-order valence-electron chi connectivity index (χ3n) is 3.13. The first-order valence-corrected chi connectivity index (χ1v) is 6.30. The molecule has 0 bridgehead atoms. The number of aryl methyl sites for hydroxylation is 1. The van der Waals surface area contributed by atoms with Crippen molar-refractivity contribution in [3.63, 3.8) is 0 Å². The van der Waals surface area contributed by atoms with Crippen molar-refractivity contribution in [3.05, 3.63) is 53.5 Å². The van der Waals surface area contributed by atoms with Crippen LogP contribution in [0.4, 0.5) is 0 Å². The molecule has 0 amide bonds. The normalized spacial score (nSPS) is 11.3. The molecule has 0 radical (unpaired) electrons. The van der Waals surface area contributed by atoms with Crippen LogP contribution in [-0.4, -0.2) is 31.1 Å². The number of carboxylic acid groups (broad SMARTS) is 1. The molecule has 1 N–H and O–H groups in total. The van der Waals surface area contributed by atoms with E-state index in [1.54, 1.807) is 29.1 Å². The molecule has 6 heteroatoms. The molecule has 104 valence electrons. The SMILES string of the molecule is Cn1nncc1/C=C/c1ccc2cc(C(=O)O)ccc2n1. The van der Waals surface area contributed by atoms with Gasteiger partial charge >= 0.3 is 5.97 Å². The Kier molecular flexibility index (Phi) is 3.19. The van der Waals surface area contributed by atoms with Crippen molar-refractivity contribution in [2.45, 2.75) is 0 Å². The molecule has 3 aromatic rings. The molecule has 0 fully saturated rings. The Hall–Kier alpha value is -3.02. The van der Waals surface area contributed by atoms with Crippen molar-refractivity contribution in [2.75, 3.05) is 0 Å². The zero-order chi connectivity index (χ0) is 14.8. The zero-order valence-corrected chi connectivity index (χ0v) is 11.3. The van der Waals surface area contributed by atoms with Crippen LogP contribution in [-0.2, 0) is 7.05 Å². The highest BCUT2D eigenvalue weighted by molar-refractivity contribution is 5.93. The highest BCUT2D eigenvalue weighted by Gasteiger charge is 2.04. The number of hydrogen-bond acceptors (Lipinski definition) is 4. The number of benzene rings is 1. The van der Waals surface area contributed by atoms with Crippen molar-refractivity contribution < 1.29 is 9.90 Å². The summed E-state index contributed by atoms with van der Waals surface area (Å²) >= 11 is 0. The Morgan fingerprint density at radius 3 is 2.81 bits per heavy atom. The minimum absolute atomic E-state index is 0.258. The van der Waals surface area contributed by atoms with E-state index < -0.39 is 5.97 Å². The summed E-state index contributed by atoms with van der Waals surface area (Å²) in [6.45, 7) is 0. The Balaban J connectivity index is 1.94. The molecule has 0 saturated carbocycles. The third kappa shape index (κ3) is 2.64. The first kappa shape index (κ1) is 13.0. The lowest BCUT2D eigenvalue weighted by molar-refractivity contribution is 0.0697. The predicted molar refractivity (Wildman–Crippen MR) is 78.6 cm³/mol. The van der Waals surface area contributed by atoms with Gasteiger partial charge < -0.3 is 5.11 Å². The van der Waals surface area contributed by atoms with Gasteiger partial charge in [0, 0.05) is 12.4 Å². The molecule has 0 aliphatic heterocycles. The summed E-state index contributed by atoms with van der Waals surface area (Å²) in [7, 11) is 1.81. The summed E-state index contributed by atoms with van der Waals surface area (Å²) in [5.41, 5.74) is 2.67. The third-order valence-corrected chi connectivity index (χ3v) is 3.13. The second kappa shape index (κ2) is 5.16. The number of hydrogen-bond donors (Lipinski definition) is 1. The van der Waals surface area contributed by atoms with Gasteiger partial charge in [-0.05, 0) is 36.4 Å². The predicted octanol–water partition coefficient (Wildman–Crippen LogP) is 2.23. The maximum Gasteiger partial charge on any atom is 0.335 e. The van der Waals surface area contributed by atoms with Crippen molar-refractivity contribution in [3.8, 4) is 0 Å². The van der Waals surface area contributed by atoms with Crippen LogP contribution in [0.5, 0.6) is 0 Å². The van der Waals surface area contributed by atoms with E-state index in [2.05, 4.69) is 15.3 Å². The van der Waals surface area contributed by atoms with E-state index in [1.807, 2.05) is 31.3 Å². The summed E-state index contributed by atoms with van der Waals surface area (Å²) in [6, 6.07) is 8.57. The van der Waals surface area contributed by atoms with Crippen LogP contribution in [0.15, 0.2) is 36.5 Å². The summed E-state index contributed by atoms with van der Waals surface area (Å²) < 4.78 is 1.66. The van der Waals surface area contributed by atoms with Crippen LogP contribution >= 0.6 is 0 Å². The van der Waals surface area contributed by atoms with Crippen LogP contribution < -0.4 is 0 Å². The number of fused-ring (bicyclic) bond motifs is 1. The average molecular weight is 280 g/mol. The lowest BCUT2D eigenvalue weighted by Crippen LogP contribution is -1.96. The van der Waals surface area contributed by atoms with Crippen LogP contribution in [0.2, 0.25) is 0 Å². The van der Waals surface area contributed by atoms with Crippen LogP contribution in [0.3, 0.4) is 0 Å². The minimum Gasteiger partial charge on any atom is -0.478 e. The fourth-order valence-electron chi connectivity index (χ4n) is 1.99. The van der Waals surface area contributed by atoms with Gasteiger partial charge in [0.2, 0.25) is 0 Å². The number of aromatic carboxylic acids is 1. The van der Waals surface area contributed by atoms with Gasteiger partial charge in [-0.25, -0.2) is 14.5 Å². The first-order valence-electron chi connectivity index (χ1n) is 6.30. The average Bonchev–Trinajstić information content (AvgIpc) is 2.89. The minimum atomic E-state index is -0.940. The molecule has 6 nitrogen and oxygen atoms in total. The molecule has 2 heterocycles. The maximum atomic E-state index is 10.9. The number of nitrogens with zero attached hydrogens (tertiary/aromatic N) is 4. The highest BCUT2D eigenvalue weighted by Crippen LogP contribution is 2.16. The molecule has 1 aromatic carbocycles. The number of carbonyl (C=O) groups is 1. The molecule has 0 saturated heterocycles. The van der Waals surface area contributed by atoms with E-state index in [-0.39, 0.29) is 5.56 Å². The van der Waals surface area contributed by atoms with E-state index in [0.29, 0.717) is 0 Å². The van der Waals surface area contributed by atoms with Gasteiger partial charge in [-0.15, -0.1) is 5.10 Å². The van der Waals surface area contributed by atoms with E-state index >= 15 is 0 Å². The molecule has 0 atom stereocenters. The Morgan fingerprint density at radius 1 is 1.24 bits per heavy atom. The summed E-state index contributed by atoms with van der Waals surface area (Å²) in [4.78, 5) is 15.4. The second-order valence-corrected chi connectivity index (χ2v) is 4.56. The monoisotopic (exact) mass is 280 g/mol. The van der Waals surface area contributed by atoms with Gasteiger partial charge in [-0.3, -0.25) is 0 Å². The quantitative estimate of drug-likeness (QED) is 0.795. The van der Waals surface area contributed by atoms with Crippen LogP contribution in [0, 0.1) is 0 Å². The zero-order valence-electron chi connectivity index (χ0n) is 11.3. The maximum absolute atomic E-state index is 10.9. The Morgan fingerprint density at radius 2 is 2.10 bits per heavy atom. The lowest BCUT2D eigenvalue weighted by Gasteiger charge is -2.01. The molecule has 0 aliphatic carbocycles. The van der Waals surface area contributed by atoms with Crippen molar-refractivity contribution in [2.24, 2.45) is 7.05 Å². The molecular weight excluding hydrogens is 268 g/mol. The summed E-state index contributed by atoms with van der Waals surface area (Å²) in [5, 5.41) is 17.4. The van der Waals surface area contributed by atoms with E-state index in [4.69, 9.17) is 5.11 Å². The molecule has 3 rings (SSSR count). The van der Waals surface area contributed by atoms with Crippen LogP contribution in [0.1, 0.15) is 21.7 Å². The molecule has 0 aliphatic rings. The number of rotatable bonds is 3. The summed E-state index contributed by atoms with van der Waals surface area (Å²) in [5.74, 6) is -0.940. The Bertz CT molecular complexity index is 852. The van der Waals surface area contributed by atoms with Gasteiger partial charge in [0.1, 0.15) is 0 Å². The van der Waals surface area contributed by atoms with Gasteiger partial charge in [-0.1, -0.05) is 11.3 Å². The van der Waals surface area contributed by atoms with Gasteiger partial charge in [-0.2, -0.15) is 0 Å². The van der Waals surface area contributed by atoms with Gasteiger partial charge in [0.15, 0.2) is 0 Å². The first-order chi connectivity index (χ1) is 10.1. The van der Waals surface area contributed by atoms with Crippen molar-refractivity contribution in [1.29, 1.82) is 0 Å². The summed E-state index contributed by atoms with van der Waals surface area (Å²) in [6.07, 6.45) is 5.40. The molecule has 2 aromatic heterocycles.